The fourth-order valence-electron chi connectivity index (χ4n) is 1.31. The summed E-state index contributed by atoms with van der Waals surface area (Å²) >= 11 is 0. The minimum Gasteiger partial charge on any atom is -0.394 e. The first-order valence-corrected chi connectivity index (χ1v) is 5.17. The van der Waals surface area contributed by atoms with E-state index in [1.807, 2.05) is 13.8 Å². The van der Waals surface area contributed by atoms with Crippen LogP contribution in [-0.2, 0) is 9.53 Å². The molecule has 5 heteroatoms. The van der Waals surface area contributed by atoms with Crippen LogP contribution in [0.4, 0.5) is 0 Å². The Labute approximate surface area is 91.0 Å². The lowest BCUT2D eigenvalue weighted by molar-refractivity contribution is -0.124. The highest BCUT2D eigenvalue weighted by atomic mass is 16.5. The largest absolute Gasteiger partial charge is 0.394 e. The van der Waals surface area contributed by atoms with Gasteiger partial charge in [0, 0.05) is 7.11 Å². The molecule has 0 heterocycles. The molecule has 0 saturated carbocycles. The molecule has 15 heavy (non-hydrogen) atoms. The number of aliphatic hydroxyl groups is 1. The zero-order valence-electron chi connectivity index (χ0n) is 9.69. The molecule has 5 nitrogen and oxygen atoms in total. The molecule has 0 spiro atoms. The average molecular weight is 218 g/mol. The van der Waals surface area contributed by atoms with Gasteiger partial charge in [-0.1, -0.05) is 13.8 Å². The SMILES string of the molecule is COCC(N)C(=O)NC(CO)CC(C)C. The van der Waals surface area contributed by atoms with E-state index >= 15 is 0 Å². The van der Waals surface area contributed by atoms with Crippen molar-refractivity contribution in [3.05, 3.63) is 0 Å². The van der Waals surface area contributed by atoms with E-state index in [2.05, 4.69) is 5.32 Å². The summed E-state index contributed by atoms with van der Waals surface area (Å²) in [6, 6.07) is -0.892. The summed E-state index contributed by atoms with van der Waals surface area (Å²) in [5, 5.41) is 11.7. The van der Waals surface area contributed by atoms with E-state index < -0.39 is 6.04 Å². The number of nitrogens with one attached hydrogen (secondary N) is 1. The van der Waals surface area contributed by atoms with Crippen molar-refractivity contribution in [1.82, 2.24) is 5.32 Å². The Morgan fingerprint density at radius 1 is 1.53 bits per heavy atom. The summed E-state index contributed by atoms with van der Waals surface area (Å²) in [4.78, 5) is 11.5. The van der Waals surface area contributed by atoms with Crippen molar-refractivity contribution in [2.24, 2.45) is 11.7 Å². The van der Waals surface area contributed by atoms with Crippen LogP contribution in [0.1, 0.15) is 20.3 Å². The van der Waals surface area contributed by atoms with Crippen LogP contribution in [0.5, 0.6) is 0 Å². The molecule has 0 aliphatic heterocycles. The van der Waals surface area contributed by atoms with Gasteiger partial charge in [-0.15, -0.1) is 0 Å². The molecular weight excluding hydrogens is 196 g/mol. The molecule has 0 bridgehead atoms. The maximum Gasteiger partial charge on any atom is 0.239 e. The van der Waals surface area contributed by atoms with Gasteiger partial charge in [-0.25, -0.2) is 0 Å². The second-order valence-electron chi connectivity index (χ2n) is 4.08. The second-order valence-corrected chi connectivity index (χ2v) is 4.08. The third kappa shape index (κ3) is 6.43. The molecule has 2 unspecified atom stereocenters. The van der Waals surface area contributed by atoms with Gasteiger partial charge in [0.2, 0.25) is 5.91 Å². The van der Waals surface area contributed by atoms with Crippen LogP contribution in [0, 0.1) is 5.92 Å². The van der Waals surface area contributed by atoms with Gasteiger partial charge < -0.3 is 20.9 Å². The third-order valence-corrected chi connectivity index (χ3v) is 2.01. The van der Waals surface area contributed by atoms with Crippen LogP contribution in [0.15, 0.2) is 0 Å². The number of aliphatic hydroxyl groups excluding tert-OH is 1. The second kappa shape index (κ2) is 7.62. The van der Waals surface area contributed by atoms with Gasteiger partial charge in [0.05, 0.1) is 19.3 Å². The number of carbonyl (C=O) groups excluding carboxylic acids is 1. The van der Waals surface area contributed by atoms with Crippen LogP contribution in [0.2, 0.25) is 0 Å². The Morgan fingerprint density at radius 2 is 2.13 bits per heavy atom. The van der Waals surface area contributed by atoms with E-state index in [1.165, 1.54) is 7.11 Å². The van der Waals surface area contributed by atoms with Crippen molar-refractivity contribution >= 4 is 5.91 Å². The molecule has 0 aliphatic carbocycles. The van der Waals surface area contributed by atoms with Crippen LogP contribution >= 0.6 is 0 Å². The summed E-state index contributed by atoms with van der Waals surface area (Å²) in [5.41, 5.74) is 5.54. The number of hydrogen-bond donors (Lipinski definition) is 3. The van der Waals surface area contributed by atoms with Gasteiger partial charge >= 0.3 is 0 Å². The van der Waals surface area contributed by atoms with Gasteiger partial charge in [0.1, 0.15) is 6.04 Å². The molecule has 0 aromatic carbocycles. The molecule has 0 aromatic heterocycles. The Bertz CT molecular complexity index is 186. The molecule has 1 amide bonds. The third-order valence-electron chi connectivity index (χ3n) is 2.01. The van der Waals surface area contributed by atoms with E-state index in [4.69, 9.17) is 15.6 Å². The predicted octanol–water partition coefficient (Wildman–Crippen LogP) is -0.517. The number of hydrogen-bond acceptors (Lipinski definition) is 4. The van der Waals surface area contributed by atoms with Crippen molar-refractivity contribution in [3.8, 4) is 0 Å². The minimum atomic E-state index is -0.670. The molecule has 4 N–H and O–H groups in total. The van der Waals surface area contributed by atoms with Gasteiger partial charge in [-0.05, 0) is 12.3 Å². The monoisotopic (exact) mass is 218 g/mol. The number of nitrogens with two attached hydrogens (primary N) is 1. The standard InChI is InChI=1S/C10H22N2O3/c1-7(2)4-8(5-13)12-10(14)9(11)6-15-3/h7-9,13H,4-6,11H2,1-3H3,(H,12,14). The number of rotatable bonds is 7. The number of methoxy groups -OCH3 is 1. The Balaban J connectivity index is 4.00. The van der Waals surface area contributed by atoms with Crippen LogP contribution < -0.4 is 11.1 Å². The van der Waals surface area contributed by atoms with E-state index in [-0.39, 0.29) is 25.2 Å². The van der Waals surface area contributed by atoms with Crippen molar-refractivity contribution in [2.45, 2.75) is 32.4 Å². The van der Waals surface area contributed by atoms with E-state index in [0.717, 1.165) is 6.42 Å². The minimum absolute atomic E-state index is 0.0659. The topological polar surface area (TPSA) is 84.6 Å². The van der Waals surface area contributed by atoms with Gasteiger partial charge in [0.25, 0.3) is 0 Å². The number of carbonyl (C=O) groups is 1. The van der Waals surface area contributed by atoms with Gasteiger partial charge in [-0.3, -0.25) is 4.79 Å². The average Bonchev–Trinajstić information content (AvgIpc) is 2.16. The Hall–Kier alpha value is -0.650. The first-order chi connectivity index (χ1) is 7.01. The number of ether oxygens (including phenoxy) is 1. The number of amides is 1. The summed E-state index contributed by atoms with van der Waals surface area (Å²) in [7, 11) is 1.49. The lowest BCUT2D eigenvalue weighted by Crippen LogP contribution is -2.48. The van der Waals surface area contributed by atoms with E-state index in [9.17, 15) is 4.79 Å². The Kier molecular flexibility index (Phi) is 7.29. The van der Waals surface area contributed by atoms with Crippen LogP contribution in [0.25, 0.3) is 0 Å². The van der Waals surface area contributed by atoms with Crippen molar-refractivity contribution in [3.63, 3.8) is 0 Å². The maximum absolute atomic E-state index is 11.5. The summed E-state index contributed by atoms with van der Waals surface area (Å²) in [6.45, 7) is 4.18. The summed E-state index contributed by atoms with van der Waals surface area (Å²) in [5.74, 6) is 0.137. The Morgan fingerprint density at radius 3 is 2.53 bits per heavy atom. The fourth-order valence-corrected chi connectivity index (χ4v) is 1.31. The highest BCUT2D eigenvalue weighted by Gasteiger charge is 2.18. The normalized spacial score (nSPS) is 15.1. The van der Waals surface area contributed by atoms with Crippen molar-refractivity contribution in [2.75, 3.05) is 20.3 Å². The van der Waals surface area contributed by atoms with Crippen LogP contribution in [0.3, 0.4) is 0 Å². The molecule has 2 atom stereocenters. The smallest absolute Gasteiger partial charge is 0.239 e. The highest BCUT2D eigenvalue weighted by Crippen LogP contribution is 2.04. The van der Waals surface area contributed by atoms with Crippen molar-refractivity contribution in [1.29, 1.82) is 0 Å². The zero-order valence-corrected chi connectivity index (χ0v) is 9.69. The van der Waals surface area contributed by atoms with Gasteiger partial charge in [-0.2, -0.15) is 0 Å². The van der Waals surface area contributed by atoms with Crippen molar-refractivity contribution < 1.29 is 14.6 Å². The van der Waals surface area contributed by atoms with E-state index in [0.29, 0.717) is 5.92 Å². The molecule has 90 valence electrons. The first kappa shape index (κ1) is 14.3. The summed E-state index contributed by atoms with van der Waals surface area (Å²) in [6.07, 6.45) is 0.738. The molecule has 0 fully saturated rings. The molecule has 0 aliphatic rings. The summed E-state index contributed by atoms with van der Waals surface area (Å²) < 4.78 is 4.77. The molecule has 0 rings (SSSR count). The molecule has 0 radical (unpaired) electrons. The fraction of sp³-hybridized carbons (Fsp3) is 0.900. The highest BCUT2D eigenvalue weighted by molar-refractivity contribution is 5.81. The molecular formula is C10H22N2O3. The zero-order chi connectivity index (χ0) is 11.8. The molecule has 0 aromatic rings. The lowest BCUT2D eigenvalue weighted by atomic mass is 10.0. The predicted molar refractivity (Wildman–Crippen MR) is 58.3 cm³/mol. The van der Waals surface area contributed by atoms with E-state index in [1.54, 1.807) is 0 Å². The molecule has 0 saturated heterocycles. The first-order valence-electron chi connectivity index (χ1n) is 5.17. The van der Waals surface area contributed by atoms with Crippen LogP contribution in [-0.4, -0.2) is 43.4 Å². The quantitative estimate of drug-likeness (QED) is 0.537. The van der Waals surface area contributed by atoms with Gasteiger partial charge in [0.15, 0.2) is 0 Å². The lowest BCUT2D eigenvalue weighted by Gasteiger charge is -2.20. The maximum atomic E-state index is 11.5.